The molecule has 1 aliphatic carbocycles. The molecule has 0 aromatic heterocycles. The number of ether oxygens (including phenoxy) is 1. The summed E-state index contributed by atoms with van der Waals surface area (Å²) in [4.78, 5) is 11.0. The number of primary amides is 1. The molecule has 1 saturated carbocycles. The summed E-state index contributed by atoms with van der Waals surface area (Å²) in [5.74, 6) is -0.408. The lowest BCUT2D eigenvalue weighted by molar-refractivity contribution is 0.0448. The SMILES string of the molecule is NC(=O)c1cccc(COC2CCC(N)C2)c1. The van der Waals surface area contributed by atoms with Crippen LogP contribution >= 0.6 is 0 Å². The number of hydrogen-bond donors (Lipinski definition) is 2. The fraction of sp³-hybridized carbons (Fsp3) is 0.462. The van der Waals surface area contributed by atoms with Gasteiger partial charge in [0, 0.05) is 11.6 Å². The van der Waals surface area contributed by atoms with Crippen LogP contribution in [-0.4, -0.2) is 18.1 Å². The molecule has 1 aliphatic rings. The van der Waals surface area contributed by atoms with E-state index in [0.29, 0.717) is 12.2 Å². The standard InChI is InChI=1S/C13H18N2O2/c14-11-4-5-12(7-11)17-8-9-2-1-3-10(6-9)13(15)16/h1-3,6,11-12H,4-5,7-8,14H2,(H2,15,16). The molecule has 4 nitrogen and oxygen atoms in total. The van der Waals surface area contributed by atoms with Crippen LogP contribution in [0.25, 0.3) is 0 Å². The number of carbonyl (C=O) groups excluding carboxylic acids is 1. The predicted molar refractivity (Wildman–Crippen MR) is 65.4 cm³/mol. The van der Waals surface area contributed by atoms with Crippen molar-refractivity contribution in [1.82, 2.24) is 0 Å². The molecule has 4 heteroatoms. The van der Waals surface area contributed by atoms with E-state index >= 15 is 0 Å². The molecule has 1 fully saturated rings. The summed E-state index contributed by atoms with van der Waals surface area (Å²) in [6.45, 7) is 0.512. The Kier molecular flexibility index (Phi) is 3.76. The molecule has 2 atom stereocenters. The highest BCUT2D eigenvalue weighted by molar-refractivity contribution is 5.92. The Labute approximate surface area is 101 Å². The van der Waals surface area contributed by atoms with Crippen molar-refractivity contribution in [2.45, 2.75) is 38.0 Å². The van der Waals surface area contributed by atoms with Crippen molar-refractivity contribution in [3.63, 3.8) is 0 Å². The number of rotatable bonds is 4. The van der Waals surface area contributed by atoms with Crippen LogP contribution in [0.2, 0.25) is 0 Å². The fourth-order valence-corrected chi connectivity index (χ4v) is 2.15. The zero-order chi connectivity index (χ0) is 12.3. The van der Waals surface area contributed by atoms with Gasteiger partial charge in [-0.1, -0.05) is 12.1 Å². The second-order valence-electron chi connectivity index (χ2n) is 4.57. The van der Waals surface area contributed by atoms with E-state index in [0.717, 1.165) is 24.8 Å². The smallest absolute Gasteiger partial charge is 0.248 e. The second kappa shape index (κ2) is 5.29. The molecule has 17 heavy (non-hydrogen) atoms. The number of hydrogen-bond acceptors (Lipinski definition) is 3. The van der Waals surface area contributed by atoms with E-state index in [-0.39, 0.29) is 12.1 Å². The number of nitrogens with two attached hydrogens (primary N) is 2. The first-order chi connectivity index (χ1) is 8.15. The third kappa shape index (κ3) is 3.28. The lowest BCUT2D eigenvalue weighted by atomic mass is 10.1. The van der Waals surface area contributed by atoms with Gasteiger partial charge in [0.05, 0.1) is 12.7 Å². The van der Waals surface area contributed by atoms with Crippen molar-refractivity contribution >= 4 is 5.91 Å². The molecular weight excluding hydrogens is 216 g/mol. The van der Waals surface area contributed by atoms with Crippen LogP contribution < -0.4 is 11.5 Å². The van der Waals surface area contributed by atoms with E-state index in [2.05, 4.69) is 0 Å². The van der Waals surface area contributed by atoms with Gasteiger partial charge in [-0.3, -0.25) is 4.79 Å². The van der Waals surface area contributed by atoms with E-state index in [1.165, 1.54) is 0 Å². The molecule has 2 rings (SSSR count). The summed E-state index contributed by atoms with van der Waals surface area (Å²) >= 11 is 0. The van der Waals surface area contributed by atoms with E-state index in [1.807, 2.05) is 12.1 Å². The molecule has 0 radical (unpaired) electrons. The minimum absolute atomic E-state index is 0.252. The summed E-state index contributed by atoms with van der Waals surface area (Å²) in [5.41, 5.74) is 12.5. The zero-order valence-electron chi connectivity index (χ0n) is 9.76. The Morgan fingerprint density at radius 1 is 1.41 bits per heavy atom. The Bertz CT molecular complexity index is 406. The van der Waals surface area contributed by atoms with Crippen LogP contribution in [0.1, 0.15) is 35.2 Å². The van der Waals surface area contributed by atoms with Crippen LogP contribution in [0.15, 0.2) is 24.3 Å². The van der Waals surface area contributed by atoms with Gasteiger partial charge in [-0.15, -0.1) is 0 Å². The lowest BCUT2D eigenvalue weighted by Crippen LogP contribution is -2.17. The molecular formula is C13H18N2O2. The first-order valence-electron chi connectivity index (χ1n) is 5.91. The Balaban J connectivity index is 1.90. The summed E-state index contributed by atoms with van der Waals surface area (Å²) in [6, 6.07) is 7.51. The highest BCUT2D eigenvalue weighted by Gasteiger charge is 2.22. The molecule has 1 amide bonds. The van der Waals surface area contributed by atoms with Gasteiger partial charge in [0.2, 0.25) is 5.91 Å². The molecule has 1 aromatic carbocycles. The third-order valence-corrected chi connectivity index (χ3v) is 3.12. The first kappa shape index (κ1) is 12.1. The van der Waals surface area contributed by atoms with Gasteiger partial charge >= 0.3 is 0 Å². The quantitative estimate of drug-likeness (QED) is 0.821. The predicted octanol–water partition coefficient (Wildman–Crippen LogP) is 1.18. The summed E-state index contributed by atoms with van der Waals surface area (Å²) in [5, 5.41) is 0. The van der Waals surface area contributed by atoms with Gasteiger partial charge in [-0.25, -0.2) is 0 Å². The van der Waals surface area contributed by atoms with Crippen molar-refractivity contribution < 1.29 is 9.53 Å². The average Bonchev–Trinajstić information content (AvgIpc) is 2.73. The molecule has 0 bridgehead atoms. The Morgan fingerprint density at radius 3 is 2.88 bits per heavy atom. The van der Waals surface area contributed by atoms with Crippen molar-refractivity contribution in [2.75, 3.05) is 0 Å². The topological polar surface area (TPSA) is 78.3 Å². The van der Waals surface area contributed by atoms with Crippen molar-refractivity contribution in [1.29, 1.82) is 0 Å². The largest absolute Gasteiger partial charge is 0.373 e. The minimum Gasteiger partial charge on any atom is -0.373 e. The summed E-state index contributed by atoms with van der Waals surface area (Å²) in [7, 11) is 0. The summed E-state index contributed by atoms with van der Waals surface area (Å²) < 4.78 is 5.76. The van der Waals surface area contributed by atoms with Crippen LogP contribution in [0.5, 0.6) is 0 Å². The average molecular weight is 234 g/mol. The van der Waals surface area contributed by atoms with Gasteiger partial charge in [-0.05, 0) is 37.0 Å². The summed E-state index contributed by atoms with van der Waals surface area (Å²) in [6.07, 6.45) is 3.24. The van der Waals surface area contributed by atoms with Gasteiger partial charge in [0.1, 0.15) is 0 Å². The molecule has 4 N–H and O–H groups in total. The molecule has 0 heterocycles. The van der Waals surface area contributed by atoms with Crippen molar-refractivity contribution in [3.05, 3.63) is 35.4 Å². The van der Waals surface area contributed by atoms with E-state index < -0.39 is 5.91 Å². The monoisotopic (exact) mass is 234 g/mol. The normalized spacial score (nSPS) is 23.8. The molecule has 0 spiro atoms. The molecule has 2 unspecified atom stereocenters. The highest BCUT2D eigenvalue weighted by Crippen LogP contribution is 2.21. The van der Waals surface area contributed by atoms with Crippen molar-refractivity contribution in [2.24, 2.45) is 11.5 Å². The van der Waals surface area contributed by atoms with Crippen LogP contribution in [0.4, 0.5) is 0 Å². The van der Waals surface area contributed by atoms with Gasteiger partial charge in [-0.2, -0.15) is 0 Å². The van der Waals surface area contributed by atoms with Gasteiger partial charge in [0.25, 0.3) is 0 Å². The van der Waals surface area contributed by atoms with E-state index in [9.17, 15) is 4.79 Å². The molecule has 92 valence electrons. The van der Waals surface area contributed by atoms with Crippen LogP contribution in [0, 0.1) is 0 Å². The first-order valence-corrected chi connectivity index (χ1v) is 5.91. The van der Waals surface area contributed by atoms with Gasteiger partial charge < -0.3 is 16.2 Å². The van der Waals surface area contributed by atoms with Gasteiger partial charge in [0.15, 0.2) is 0 Å². The maximum Gasteiger partial charge on any atom is 0.248 e. The fourth-order valence-electron chi connectivity index (χ4n) is 2.15. The maximum atomic E-state index is 11.0. The second-order valence-corrected chi connectivity index (χ2v) is 4.57. The number of benzene rings is 1. The van der Waals surface area contributed by atoms with Crippen LogP contribution in [0.3, 0.4) is 0 Å². The van der Waals surface area contributed by atoms with E-state index in [4.69, 9.17) is 16.2 Å². The zero-order valence-corrected chi connectivity index (χ0v) is 9.76. The maximum absolute atomic E-state index is 11.0. The van der Waals surface area contributed by atoms with Crippen LogP contribution in [-0.2, 0) is 11.3 Å². The molecule has 0 saturated heterocycles. The number of amides is 1. The molecule has 1 aromatic rings. The number of carbonyl (C=O) groups is 1. The van der Waals surface area contributed by atoms with Crippen molar-refractivity contribution in [3.8, 4) is 0 Å². The Morgan fingerprint density at radius 2 is 2.24 bits per heavy atom. The third-order valence-electron chi connectivity index (χ3n) is 3.12. The molecule has 0 aliphatic heterocycles. The highest BCUT2D eigenvalue weighted by atomic mass is 16.5. The minimum atomic E-state index is -0.408. The van der Waals surface area contributed by atoms with E-state index in [1.54, 1.807) is 12.1 Å². The lowest BCUT2D eigenvalue weighted by Gasteiger charge is -2.11. The Hall–Kier alpha value is -1.39.